The van der Waals surface area contributed by atoms with Gasteiger partial charge in [0.15, 0.2) is 10.9 Å². The van der Waals surface area contributed by atoms with Crippen LogP contribution in [0.25, 0.3) is 11.3 Å². The first-order chi connectivity index (χ1) is 16.9. The highest BCUT2D eigenvalue weighted by Gasteiger charge is 2.22. The number of carbonyl (C=O) groups is 2. The summed E-state index contributed by atoms with van der Waals surface area (Å²) in [6.45, 7) is 0.922. The van der Waals surface area contributed by atoms with Crippen LogP contribution in [0.15, 0.2) is 78.1 Å². The van der Waals surface area contributed by atoms with Crippen molar-refractivity contribution in [1.82, 2.24) is 9.55 Å². The van der Waals surface area contributed by atoms with Crippen LogP contribution in [0.5, 0.6) is 0 Å². The molecular weight excluding hydrogens is 488 g/mol. The van der Waals surface area contributed by atoms with Gasteiger partial charge in [-0.25, -0.2) is 4.98 Å². The number of nitro groups is 1. The van der Waals surface area contributed by atoms with Crippen molar-refractivity contribution in [3.05, 3.63) is 105 Å². The Labute approximate surface area is 209 Å². The van der Waals surface area contributed by atoms with E-state index in [9.17, 15) is 19.7 Å². The highest BCUT2D eigenvalue weighted by Crippen LogP contribution is 2.30. The Hall–Kier alpha value is -3.95. The smallest absolute Gasteiger partial charge is 0.288 e. The predicted octanol–water partition coefficient (Wildman–Crippen LogP) is 5.70. The monoisotopic (exact) mass is 504 g/mol. The molecule has 0 spiro atoms. The summed E-state index contributed by atoms with van der Waals surface area (Å²) < 4.78 is 2.11. The van der Waals surface area contributed by atoms with Gasteiger partial charge in [-0.05, 0) is 30.3 Å². The molecule has 1 amide bonds. The van der Waals surface area contributed by atoms with E-state index in [2.05, 4.69) is 14.9 Å². The van der Waals surface area contributed by atoms with Gasteiger partial charge in [0.05, 0.1) is 16.2 Å². The van der Waals surface area contributed by atoms with Gasteiger partial charge >= 0.3 is 0 Å². The minimum atomic E-state index is -0.655. The molecule has 0 saturated carbocycles. The Morgan fingerprint density at radius 3 is 2.63 bits per heavy atom. The van der Waals surface area contributed by atoms with Gasteiger partial charge in [0.25, 0.3) is 11.6 Å². The average Bonchev–Trinajstić information content (AvgIpc) is 3.47. The maximum absolute atomic E-state index is 13.2. The van der Waals surface area contributed by atoms with Crippen LogP contribution in [0.1, 0.15) is 26.3 Å². The number of imidazole rings is 1. The van der Waals surface area contributed by atoms with Gasteiger partial charge in [-0.2, -0.15) is 0 Å². The Morgan fingerprint density at radius 2 is 1.86 bits per heavy atom. The highest BCUT2D eigenvalue weighted by atomic mass is 35.5. The summed E-state index contributed by atoms with van der Waals surface area (Å²) in [6, 6.07) is 17.5. The fourth-order valence-corrected chi connectivity index (χ4v) is 4.96. The van der Waals surface area contributed by atoms with Crippen molar-refractivity contribution < 1.29 is 14.5 Å². The number of benzene rings is 3. The topological polar surface area (TPSA) is 107 Å². The number of nitro benzene ring substituents is 1. The van der Waals surface area contributed by atoms with Crippen LogP contribution in [0.4, 0.5) is 11.4 Å². The molecule has 1 aliphatic rings. The zero-order chi connectivity index (χ0) is 24.5. The highest BCUT2D eigenvalue weighted by molar-refractivity contribution is 7.99. The number of fused-ring (bicyclic) bond motifs is 1. The van der Waals surface area contributed by atoms with E-state index in [0.29, 0.717) is 5.69 Å². The van der Waals surface area contributed by atoms with Gasteiger partial charge in [-0.3, -0.25) is 19.7 Å². The molecule has 0 unspecified atom stereocenters. The number of halogens is 1. The van der Waals surface area contributed by atoms with E-state index in [4.69, 9.17) is 11.6 Å². The lowest BCUT2D eigenvalue weighted by molar-refractivity contribution is -0.384. The lowest BCUT2D eigenvalue weighted by Gasteiger charge is -2.11. The summed E-state index contributed by atoms with van der Waals surface area (Å²) in [4.78, 5) is 41.5. The van der Waals surface area contributed by atoms with Crippen LogP contribution >= 0.6 is 23.4 Å². The van der Waals surface area contributed by atoms with E-state index in [1.807, 2.05) is 24.4 Å². The number of amides is 1. The molecule has 174 valence electrons. The molecule has 5 rings (SSSR count). The number of hydrogen-bond acceptors (Lipinski definition) is 6. The minimum Gasteiger partial charge on any atom is -0.325 e. The molecular formula is C25H17ClN4O4S. The van der Waals surface area contributed by atoms with E-state index >= 15 is 0 Å². The van der Waals surface area contributed by atoms with Crippen molar-refractivity contribution in [2.75, 3.05) is 11.1 Å². The fourth-order valence-electron chi connectivity index (χ4n) is 3.83. The van der Waals surface area contributed by atoms with E-state index < -0.39 is 16.6 Å². The zero-order valence-electron chi connectivity index (χ0n) is 18.1. The standard InChI is InChI=1S/C25H17ClN4O4S/c26-20-9-8-16(13-22(20)30(33)34)23(31)18-6-1-2-7-19(18)24(32)27-17-5-3-4-15(12-17)21-14-29-10-11-35-25(29)28-21/h1-9,12-14H,10-11H2,(H,27,32). The first-order valence-corrected chi connectivity index (χ1v) is 12.0. The van der Waals surface area contributed by atoms with Crippen molar-refractivity contribution in [3.63, 3.8) is 0 Å². The number of carbonyl (C=O) groups excluding carboxylic acids is 2. The molecule has 0 bridgehead atoms. The molecule has 2 heterocycles. The second-order valence-corrected chi connectivity index (χ2v) is 9.25. The van der Waals surface area contributed by atoms with Crippen molar-refractivity contribution in [3.8, 4) is 11.3 Å². The van der Waals surface area contributed by atoms with Crippen molar-refractivity contribution >= 4 is 46.4 Å². The number of nitrogens with one attached hydrogen (secondary N) is 1. The lowest BCUT2D eigenvalue weighted by Crippen LogP contribution is -2.17. The quantitative estimate of drug-likeness (QED) is 0.205. The Morgan fingerprint density at radius 1 is 1.06 bits per heavy atom. The molecule has 0 radical (unpaired) electrons. The number of aromatic nitrogens is 2. The van der Waals surface area contributed by atoms with E-state index in [1.54, 1.807) is 30.0 Å². The van der Waals surface area contributed by atoms with Crippen molar-refractivity contribution in [1.29, 1.82) is 0 Å². The van der Waals surface area contributed by atoms with Crippen molar-refractivity contribution in [2.45, 2.75) is 11.7 Å². The second kappa shape index (κ2) is 9.36. The molecule has 35 heavy (non-hydrogen) atoms. The molecule has 0 fully saturated rings. The number of aryl methyl sites for hydroxylation is 1. The molecule has 3 aromatic carbocycles. The van der Waals surface area contributed by atoms with E-state index in [-0.39, 0.29) is 27.4 Å². The molecule has 0 atom stereocenters. The average molecular weight is 505 g/mol. The number of hydrogen-bond donors (Lipinski definition) is 1. The summed E-state index contributed by atoms with van der Waals surface area (Å²) in [5.74, 6) is 0.0203. The third-order valence-corrected chi connectivity index (χ3v) is 6.83. The largest absolute Gasteiger partial charge is 0.325 e. The van der Waals surface area contributed by atoms with Crippen LogP contribution in [-0.2, 0) is 6.54 Å². The molecule has 0 saturated heterocycles. The fraction of sp³-hybridized carbons (Fsp3) is 0.0800. The van der Waals surface area contributed by atoms with E-state index in [1.165, 1.54) is 24.3 Å². The molecule has 10 heteroatoms. The molecule has 4 aromatic rings. The summed E-state index contributed by atoms with van der Waals surface area (Å²) >= 11 is 7.57. The van der Waals surface area contributed by atoms with Crippen LogP contribution in [-0.4, -0.2) is 31.9 Å². The maximum atomic E-state index is 13.2. The number of rotatable bonds is 6. The molecule has 1 aromatic heterocycles. The Balaban J connectivity index is 1.41. The summed E-state index contributed by atoms with van der Waals surface area (Å²) in [5.41, 5.74) is 2.20. The normalized spacial score (nSPS) is 12.3. The van der Waals surface area contributed by atoms with Gasteiger partial charge in [-0.1, -0.05) is 53.7 Å². The summed E-state index contributed by atoms with van der Waals surface area (Å²) in [7, 11) is 0. The summed E-state index contributed by atoms with van der Waals surface area (Å²) in [6.07, 6.45) is 2.00. The molecule has 8 nitrogen and oxygen atoms in total. The first kappa shape index (κ1) is 22.8. The SMILES string of the molecule is O=C(Nc1cccc(-c2cn3c(n2)SCC3)c1)c1ccccc1C(=O)c1ccc(Cl)c([N+](=O)[O-])c1. The third-order valence-electron chi connectivity index (χ3n) is 5.54. The first-order valence-electron chi connectivity index (χ1n) is 10.6. The van der Waals surface area contributed by atoms with Gasteiger partial charge in [0.1, 0.15) is 5.02 Å². The van der Waals surface area contributed by atoms with Crippen LogP contribution in [0.3, 0.4) is 0 Å². The van der Waals surface area contributed by atoms with Gasteiger partial charge in [0.2, 0.25) is 0 Å². The second-order valence-electron chi connectivity index (χ2n) is 7.78. The molecule has 1 aliphatic heterocycles. The Kier molecular flexibility index (Phi) is 6.10. The lowest BCUT2D eigenvalue weighted by atomic mass is 9.97. The van der Waals surface area contributed by atoms with Gasteiger partial charge in [-0.15, -0.1) is 0 Å². The number of nitrogens with zero attached hydrogens (tertiary/aromatic N) is 3. The number of anilines is 1. The number of thioether (sulfide) groups is 1. The van der Waals surface area contributed by atoms with Crippen LogP contribution in [0, 0.1) is 10.1 Å². The van der Waals surface area contributed by atoms with E-state index in [0.717, 1.165) is 34.8 Å². The maximum Gasteiger partial charge on any atom is 0.288 e. The van der Waals surface area contributed by atoms with Crippen LogP contribution in [0.2, 0.25) is 5.02 Å². The zero-order valence-corrected chi connectivity index (χ0v) is 19.7. The summed E-state index contributed by atoms with van der Waals surface area (Å²) in [5, 5.41) is 15.0. The minimum absolute atomic E-state index is 0.0639. The van der Waals surface area contributed by atoms with Gasteiger partial charge < -0.3 is 9.88 Å². The van der Waals surface area contributed by atoms with Crippen molar-refractivity contribution in [2.24, 2.45) is 0 Å². The molecule has 1 N–H and O–H groups in total. The predicted molar refractivity (Wildman–Crippen MR) is 134 cm³/mol. The van der Waals surface area contributed by atoms with Gasteiger partial charge in [0, 0.05) is 46.9 Å². The number of ketones is 1. The van der Waals surface area contributed by atoms with Crippen LogP contribution < -0.4 is 5.32 Å². The third kappa shape index (κ3) is 4.55. The Bertz CT molecular complexity index is 1480. The molecule has 0 aliphatic carbocycles.